The summed E-state index contributed by atoms with van der Waals surface area (Å²) < 4.78 is 0. The highest BCUT2D eigenvalue weighted by Crippen LogP contribution is 2.20. The van der Waals surface area contributed by atoms with Crippen molar-refractivity contribution >= 4 is 0 Å². The van der Waals surface area contributed by atoms with Crippen LogP contribution in [0.1, 0.15) is 111 Å². The van der Waals surface area contributed by atoms with Gasteiger partial charge in [-0.1, -0.05) is 104 Å². The Morgan fingerprint density at radius 3 is 1.38 bits per heavy atom. The van der Waals surface area contributed by atoms with E-state index in [9.17, 15) is 0 Å². The Kier molecular flexibility index (Phi) is 16.3. The van der Waals surface area contributed by atoms with Gasteiger partial charge in [-0.3, -0.25) is 0 Å². The van der Waals surface area contributed by atoms with E-state index < -0.39 is 0 Å². The summed E-state index contributed by atoms with van der Waals surface area (Å²) in [6.07, 6.45) is 19.1. The van der Waals surface area contributed by atoms with Gasteiger partial charge in [-0.2, -0.15) is 0 Å². The Morgan fingerprint density at radius 1 is 0.571 bits per heavy atom. The van der Waals surface area contributed by atoms with Crippen LogP contribution in [-0.2, 0) is 0 Å². The molecule has 2 atom stereocenters. The van der Waals surface area contributed by atoms with Crippen LogP contribution in [0.15, 0.2) is 0 Å². The van der Waals surface area contributed by atoms with Gasteiger partial charge < -0.3 is 5.11 Å². The van der Waals surface area contributed by atoms with Crippen molar-refractivity contribution in [2.45, 2.75) is 111 Å². The number of hydrogen-bond donors (Lipinski definition) is 1. The van der Waals surface area contributed by atoms with Gasteiger partial charge in [0, 0.05) is 6.61 Å². The molecule has 0 fully saturated rings. The molecule has 2 unspecified atom stereocenters. The van der Waals surface area contributed by atoms with E-state index in [0.717, 1.165) is 18.3 Å². The zero-order chi connectivity index (χ0) is 15.8. The highest BCUT2D eigenvalue weighted by atomic mass is 16.2. The minimum absolute atomic E-state index is 0.367. The van der Waals surface area contributed by atoms with E-state index in [4.69, 9.17) is 5.11 Å². The van der Waals surface area contributed by atoms with Gasteiger partial charge in [0.05, 0.1) is 0 Å². The fourth-order valence-corrected chi connectivity index (χ4v) is 3.15. The second-order valence-electron chi connectivity index (χ2n) is 7.27. The lowest BCUT2D eigenvalue weighted by Crippen LogP contribution is -1.98. The van der Waals surface area contributed by atoms with Crippen LogP contribution in [0.3, 0.4) is 0 Å². The van der Waals surface area contributed by atoms with Crippen molar-refractivity contribution in [3.05, 3.63) is 0 Å². The highest BCUT2D eigenvalue weighted by Gasteiger charge is 2.05. The van der Waals surface area contributed by atoms with Gasteiger partial charge in [-0.25, -0.2) is 0 Å². The Bertz CT molecular complexity index is 190. The van der Waals surface area contributed by atoms with Gasteiger partial charge in [0.15, 0.2) is 0 Å². The van der Waals surface area contributed by atoms with E-state index in [1.54, 1.807) is 0 Å². The molecule has 1 N–H and O–H groups in total. The Balaban J connectivity index is 3.28. The number of aliphatic hydroxyl groups is 1. The lowest BCUT2D eigenvalue weighted by molar-refractivity contribution is 0.281. The Labute approximate surface area is 134 Å². The zero-order valence-electron chi connectivity index (χ0n) is 15.2. The van der Waals surface area contributed by atoms with Crippen molar-refractivity contribution in [3.63, 3.8) is 0 Å². The van der Waals surface area contributed by atoms with Crippen molar-refractivity contribution in [2.24, 2.45) is 11.8 Å². The van der Waals surface area contributed by atoms with E-state index in [1.165, 1.54) is 83.5 Å². The smallest absolute Gasteiger partial charge is 0.0431 e. The summed E-state index contributed by atoms with van der Waals surface area (Å²) in [5, 5.41) is 8.74. The Morgan fingerprint density at radius 2 is 0.952 bits per heavy atom. The standard InChI is InChI=1S/C20H42O/c1-4-5-6-9-14-19(2)16-11-12-17-20(3)15-10-7-8-13-18-21/h19-21H,4-18H2,1-3H3. The number of rotatable bonds is 16. The molecule has 0 aromatic heterocycles. The molecule has 0 bridgehead atoms. The highest BCUT2D eigenvalue weighted by molar-refractivity contribution is 4.58. The van der Waals surface area contributed by atoms with E-state index in [-0.39, 0.29) is 0 Å². The third-order valence-corrected chi connectivity index (χ3v) is 4.80. The van der Waals surface area contributed by atoms with E-state index >= 15 is 0 Å². The van der Waals surface area contributed by atoms with Gasteiger partial charge in [-0.15, -0.1) is 0 Å². The first-order valence-corrected chi connectivity index (χ1v) is 9.81. The predicted molar refractivity (Wildman–Crippen MR) is 95.7 cm³/mol. The Hall–Kier alpha value is -0.0400. The molecule has 0 spiro atoms. The topological polar surface area (TPSA) is 20.2 Å². The average Bonchev–Trinajstić information content (AvgIpc) is 2.48. The second-order valence-corrected chi connectivity index (χ2v) is 7.27. The minimum atomic E-state index is 0.367. The van der Waals surface area contributed by atoms with E-state index in [1.807, 2.05) is 0 Å². The lowest BCUT2D eigenvalue weighted by atomic mass is 9.93. The van der Waals surface area contributed by atoms with Crippen LogP contribution in [-0.4, -0.2) is 11.7 Å². The first-order valence-electron chi connectivity index (χ1n) is 9.81. The fraction of sp³-hybridized carbons (Fsp3) is 1.00. The van der Waals surface area contributed by atoms with Crippen LogP contribution in [0.25, 0.3) is 0 Å². The molecule has 0 aliphatic rings. The third kappa shape index (κ3) is 16.2. The van der Waals surface area contributed by atoms with Gasteiger partial charge >= 0.3 is 0 Å². The van der Waals surface area contributed by atoms with Crippen LogP contribution >= 0.6 is 0 Å². The summed E-state index contributed by atoms with van der Waals surface area (Å²) in [6, 6.07) is 0. The molecule has 0 aromatic rings. The number of hydrogen-bond acceptors (Lipinski definition) is 1. The second kappa shape index (κ2) is 16.3. The van der Waals surface area contributed by atoms with Crippen LogP contribution in [0, 0.1) is 11.8 Å². The van der Waals surface area contributed by atoms with Gasteiger partial charge in [0.2, 0.25) is 0 Å². The predicted octanol–water partition coefficient (Wildman–Crippen LogP) is 6.73. The van der Waals surface area contributed by atoms with Crippen molar-refractivity contribution in [3.8, 4) is 0 Å². The van der Waals surface area contributed by atoms with Gasteiger partial charge in [0.1, 0.15) is 0 Å². The van der Waals surface area contributed by atoms with Crippen LogP contribution in [0.4, 0.5) is 0 Å². The minimum Gasteiger partial charge on any atom is -0.396 e. The van der Waals surface area contributed by atoms with Crippen molar-refractivity contribution in [2.75, 3.05) is 6.61 Å². The van der Waals surface area contributed by atoms with Crippen LogP contribution < -0.4 is 0 Å². The maximum absolute atomic E-state index is 8.74. The maximum atomic E-state index is 8.74. The number of aliphatic hydroxyl groups excluding tert-OH is 1. The van der Waals surface area contributed by atoms with Crippen molar-refractivity contribution in [1.29, 1.82) is 0 Å². The van der Waals surface area contributed by atoms with Crippen LogP contribution in [0.5, 0.6) is 0 Å². The molecule has 0 saturated carbocycles. The molecular weight excluding hydrogens is 256 g/mol. The van der Waals surface area contributed by atoms with E-state index in [2.05, 4.69) is 20.8 Å². The van der Waals surface area contributed by atoms with Gasteiger partial charge in [0.25, 0.3) is 0 Å². The summed E-state index contributed by atoms with van der Waals surface area (Å²) in [6.45, 7) is 7.51. The average molecular weight is 299 g/mol. The summed E-state index contributed by atoms with van der Waals surface area (Å²) in [5.74, 6) is 1.84. The SMILES string of the molecule is CCCCCCC(C)CCCCC(C)CCCCCCO. The molecule has 128 valence electrons. The first kappa shape index (κ1) is 21.0. The first-order chi connectivity index (χ1) is 10.2. The molecule has 1 heteroatoms. The molecule has 0 heterocycles. The molecule has 0 aromatic carbocycles. The third-order valence-electron chi connectivity index (χ3n) is 4.80. The molecule has 0 aliphatic heterocycles. The summed E-state index contributed by atoms with van der Waals surface area (Å²) >= 11 is 0. The lowest BCUT2D eigenvalue weighted by Gasteiger charge is -2.13. The summed E-state index contributed by atoms with van der Waals surface area (Å²) in [5.41, 5.74) is 0. The molecular formula is C20H42O. The largest absolute Gasteiger partial charge is 0.396 e. The van der Waals surface area contributed by atoms with Gasteiger partial charge in [-0.05, 0) is 18.3 Å². The van der Waals surface area contributed by atoms with Crippen molar-refractivity contribution < 1.29 is 5.11 Å². The molecule has 0 saturated heterocycles. The summed E-state index contributed by atoms with van der Waals surface area (Å²) in [4.78, 5) is 0. The number of unbranched alkanes of at least 4 members (excludes halogenated alkanes) is 7. The van der Waals surface area contributed by atoms with Crippen molar-refractivity contribution in [1.82, 2.24) is 0 Å². The maximum Gasteiger partial charge on any atom is 0.0431 e. The fourth-order valence-electron chi connectivity index (χ4n) is 3.15. The van der Waals surface area contributed by atoms with E-state index in [0.29, 0.717) is 6.61 Å². The zero-order valence-corrected chi connectivity index (χ0v) is 15.2. The summed E-state index contributed by atoms with van der Waals surface area (Å²) in [7, 11) is 0. The quantitative estimate of drug-likeness (QED) is 0.313. The molecule has 0 aliphatic carbocycles. The molecule has 0 rings (SSSR count). The molecule has 21 heavy (non-hydrogen) atoms. The molecule has 1 nitrogen and oxygen atoms in total. The molecule has 0 amide bonds. The normalized spacial score (nSPS) is 14.3. The molecule has 0 radical (unpaired) electrons. The monoisotopic (exact) mass is 298 g/mol. The van der Waals surface area contributed by atoms with Crippen LogP contribution in [0.2, 0.25) is 0 Å².